The quantitative estimate of drug-likeness (QED) is 0.439. The molecule has 1 aliphatic rings. The highest BCUT2D eigenvalue weighted by Gasteiger charge is 2.41. The van der Waals surface area contributed by atoms with Crippen molar-refractivity contribution in [3.63, 3.8) is 0 Å². The molecule has 5 nitrogen and oxygen atoms in total. The zero-order valence-corrected chi connectivity index (χ0v) is 18.3. The van der Waals surface area contributed by atoms with Crippen LogP contribution in [-0.4, -0.2) is 35.0 Å². The largest absolute Gasteiger partial charge is 0.468 e. The van der Waals surface area contributed by atoms with Gasteiger partial charge in [0.15, 0.2) is 0 Å². The van der Waals surface area contributed by atoms with Crippen molar-refractivity contribution in [1.82, 2.24) is 9.47 Å². The lowest BCUT2D eigenvalue weighted by Gasteiger charge is -2.26. The lowest BCUT2D eigenvalue weighted by Crippen LogP contribution is -2.34. The predicted octanol–water partition coefficient (Wildman–Crippen LogP) is 4.87. The molecular weight excluding hydrogens is 400 g/mol. The molecule has 5 rings (SSSR count). The van der Waals surface area contributed by atoms with Crippen LogP contribution in [0.3, 0.4) is 0 Å². The Morgan fingerprint density at radius 2 is 1.66 bits per heavy atom. The number of hydrogen-bond acceptors (Lipinski definition) is 3. The van der Waals surface area contributed by atoms with Crippen LogP contribution in [-0.2, 0) is 16.6 Å². The first-order valence-electron chi connectivity index (χ1n) is 10.6. The number of para-hydroxylation sites is 1. The molecule has 1 amide bonds. The number of hydrogen-bond donors (Lipinski definition) is 0. The summed E-state index contributed by atoms with van der Waals surface area (Å²) in [6, 6.07) is 23.8. The van der Waals surface area contributed by atoms with Gasteiger partial charge in [0.1, 0.15) is 6.54 Å². The smallest absolute Gasteiger partial charge is 0.325 e. The number of ether oxygens (including phenoxy) is 1. The van der Waals surface area contributed by atoms with Crippen molar-refractivity contribution in [1.29, 1.82) is 0 Å². The van der Waals surface area contributed by atoms with E-state index in [0.717, 1.165) is 33.3 Å². The van der Waals surface area contributed by atoms with Crippen LogP contribution in [0, 0.1) is 6.92 Å². The Morgan fingerprint density at radius 3 is 2.41 bits per heavy atom. The van der Waals surface area contributed by atoms with Crippen LogP contribution in [0.4, 0.5) is 0 Å². The highest BCUT2D eigenvalue weighted by atomic mass is 16.5. The summed E-state index contributed by atoms with van der Waals surface area (Å²) in [7, 11) is 3.40. The Balaban J connectivity index is 1.82. The van der Waals surface area contributed by atoms with Gasteiger partial charge in [0.05, 0.1) is 18.8 Å². The zero-order chi connectivity index (χ0) is 22.4. The first kappa shape index (κ1) is 20.1. The maximum absolute atomic E-state index is 13.4. The van der Waals surface area contributed by atoms with Gasteiger partial charge in [-0.1, -0.05) is 66.2 Å². The number of fused-ring (bicyclic) bond motifs is 2. The van der Waals surface area contributed by atoms with E-state index in [1.165, 1.54) is 12.7 Å². The standard InChI is InChI=1S/C27H24N2O3/c1-17-12-14-18(15-13-17)25-24(21-10-6-7-11-22(21)28(25)2)26-19-8-4-5-9-20(19)27(31)29(26)16-23(30)32-3/h4-15,26H,16H2,1-3H3. The molecule has 32 heavy (non-hydrogen) atoms. The van der Waals surface area contributed by atoms with Crippen molar-refractivity contribution < 1.29 is 14.3 Å². The Morgan fingerprint density at radius 1 is 0.969 bits per heavy atom. The summed E-state index contributed by atoms with van der Waals surface area (Å²) >= 11 is 0. The molecule has 1 aromatic heterocycles. The number of methoxy groups -OCH3 is 1. The van der Waals surface area contributed by atoms with Crippen molar-refractivity contribution >= 4 is 22.8 Å². The van der Waals surface area contributed by atoms with Gasteiger partial charge >= 0.3 is 5.97 Å². The van der Waals surface area contributed by atoms with E-state index in [9.17, 15) is 9.59 Å². The molecule has 2 heterocycles. The van der Waals surface area contributed by atoms with Crippen LogP contribution in [0.5, 0.6) is 0 Å². The number of carbonyl (C=O) groups is 2. The van der Waals surface area contributed by atoms with Crippen molar-refractivity contribution in [2.24, 2.45) is 7.05 Å². The molecular formula is C27H24N2O3. The van der Waals surface area contributed by atoms with Crippen molar-refractivity contribution in [3.8, 4) is 11.3 Å². The van der Waals surface area contributed by atoms with Gasteiger partial charge in [-0.15, -0.1) is 0 Å². The van der Waals surface area contributed by atoms with Gasteiger partial charge in [-0.2, -0.15) is 0 Å². The predicted molar refractivity (Wildman–Crippen MR) is 124 cm³/mol. The molecule has 160 valence electrons. The Kier molecular flexibility index (Phi) is 4.82. The van der Waals surface area contributed by atoms with Gasteiger partial charge in [0, 0.05) is 29.1 Å². The summed E-state index contributed by atoms with van der Waals surface area (Å²) in [6.07, 6.45) is 0. The summed E-state index contributed by atoms with van der Waals surface area (Å²) in [6.45, 7) is 1.96. The molecule has 0 saturated heterocycles. The average Bonchev–Trinajstić information content (AvgIpc) is 3.26. The second-order valence-corrected chi connectivity index (χ2v) is 8.20. The van der Waals surface area contributed by atoms with Crippen LogP contribution < -0.4 is 0 Å². The number of nitrogens with zero attached hydrogens (tertiary/aromatic N) is 2. The van der Waals surface area contributed by atoms with E-state index < -0.39 is 5.97 Å². The third-order valence-corrected chi connectivity index (χ3v) is 6.33. The second kappa shape index (κ2) is 7.68. The van der Waals surface area contributed by atoms with E-state index in [1.54, 1.807) is 4.90 Å². The molecule has 0 N–H and O–H groups in total. The van der Waals surface area contributed by atoms with Crippen LogP contribution in [0.15, 0.2) is 72.8 Å². The molecule has 0 spiro atoms. The number of esters is 1. The van der Waals surface area contributed by atoms with Crippen molar-refractivity contribution in [2.45, 2.75) is 13.0 Å². The van der Waals surface area contributed by atoms with E-state index in [0.29, 0.717) is 5.56 Å². The second-order valence-electron chi connectivity index (χ2n) is 8.20. The molecule has 0 radical (unpaired) electrons. The number of aryl methyl sites for hydroxylation is 2. The molecule has 3 aromatic carbocycles. The Bertz CT molecular complexity index is 1350. The fraction of sp³-hybridized carbons (Fsp3) is 0.185. The van der Waals surface area contributed by atoms with Crippen molar-refractivity contribution in [3.05, 3.63) is 95.1 Å². The molecule has 5 heteroatoms. The number of rotatable bonds is 4. The summed E-state index contributed by atoms with van der Waals surface area (Å²) in [4.78, 5) is 27.3. The van der Waals surface area contributed by atoms with Gasteiger partial charge < -0.3 is 14.2 Å². The van der Waals surface area contributed by atoms with Crippen molar-refractivity contribution in [2.75, 3.05) is 13.7 Å². The minimum absolute atomic E-state index is 0.106. The van der Waals surface area contributed by atoms with E-state index in [1.807, 2.05) is 43.4 Å². The average molecular weight is 425 g/mol. The van der Waals surface area contributed by atoms with Gasteiger partial charge in [0.2, 0.25) is 0 Å². The molecule has 0 aliphatic carbocycles. The van der Waals surface area contributed by atoms with E-state index in [-0.39, 0.29) is 18.5 Å². The lowest BCUT2D eigenvalue weighted by molar-refractivity contribution is -0.141. The topological polar surface area (TPSA) is 51.5 Å². The van der Waals surface area contributed by atoms with Crippen LogP contribution in [0.1, 0.15) is 33.1 Å². The third kappa shape index (κ3) is 3.01. The molecule has 0 saturated carbocycles. The van der Waals surface area contributed by atoms with Gasteiger partial charge in [-0.3, -0.25) is 9.59 Å². The zero-order valence-electron chi connectivity index (χ0n) is 18.3. The first-order valence-corrected chi connectivity index (χ1v) is 10.6. The maximum atomic E-state index is 13.4. The summed E-state index contributed by atoms with van der Waals surface area (Å²) in [5, 5.41) is 1.06. The van der Waals surface area contributed by atoms with E-state index >= 15 is 0 Å². The molecule has 1 unspecified atom stereocenters. The molecule has 4 aromatic rings. The maximum Gasteiger partial charge on any atom is 0.325 e. The number of benzene rings is 3. The third-order valence-electron chi connectivity index (χ3n) is 6.33. The highest BCUT2D eigenvalue weighted by molar-refractivity contribution is 6.03. The first-order chi connectivity index (χ1) is 15.5. The summed E-state index contributed by atoms with van der Waals surface area (Å²) in [5.74, 6) is -0.591. The molecule has 1 aliphatic heterocycles. The summed E-state index contributed by atoms with van der Waals surface area (Å²) in [5.41, 5.74) is 6.93. The Hall–Kier alpha value is -3.86. The number of aromatic nitrogens is 1. The summed E-state index contributed by atoms with van der Waals surface area (Å²) < 4.78 is 7.10. The molecule has 0 bridgehead atoms. The fourth-order valence-electron chi connectivity index (χ4n) is 4.81. The van der Waals surface area contributed by atoms with Crippen LogP contribution >= 0.6 is 0 Å². The van der Waals surface area contributed by atoms with Gasteiger partial charge in [-0.05, 0) is 30.2 Å². The van der Waals surface area contributed by atoms with Crippen LogP contribution in [0.2, 0.25) is 0 Å². The number of amides is 1. The van der Waals surface area contributed by atoms with E-state index in [4.69, 9.17) is 4.74 Å². The normalized spacial score (nSPS) is 15.3. The molecule has 1 atom stereocenters. The fourth-order valence-corrected chi connectivity index (χ4v) is 4.81. The van der Waals surface area contributed by atoms with Gasteiger partial charge in [0.25, 0.3) is 5.91 Å². The monoisotopic (exact) mass is 424 g/mol. The minimum Gasteiger partial charge on any atom is -0.468 e. The SMILES string of the molecule is COC(=O)CN1C(=O)c2ccccc2C1c1c(-c2ccc(C)cc2)n(C)c2ccccc12. The lowest BCUT2D eigenvalue weighted by atomic mass is 9.93. The Labute approximate surface area is 186 Å². The highest BCUT2D eigenvalue weighted by Crippen LogP contribution is 2.46. The van der Waals surface area contributed by atoms with Crippen LogP contribution in [0.25, 0.3) is 22.2 Å². The number of carbonyl (C=O) groups excluding carboxylic acids is 2. The molecule has 0 fully saturated rings. The van der Waals surface area contributed by atoms with E-state index in [2.05, 4.69) is 47.9 Å². The minimum atomic E-state index is -0.437. The van der Waals surface area contributed by atoms with Gasteiger partial charge in [-0.25, -0.2) is 0 Å².